The van der Waals surface area contributed by atoms with Crippen LogP contribution in [-0.4, -0.2) is 12.6 Å². The van der Waals surface area contributed by atoms with Gasteiger partial charge in [0, 0.05) is 17.7 Å². The summed E-state index contributed by atoms with van der Waals surface area (Å²) in [6.45, 7) is 2.34. The number of carbonyl (C=O) groups is 1. The summed E-state index contributed by atoms with van der Waals surface area (Å²) in [6.07, 6.45) is 0. The Balaban J connectivity index is 2.22. The third kappa shape index (κ3) is 1.74. The predicted molar refractivity (Wildman–Crippen MR) is 70.7 cm³/mol. The fourth-order valence-corrected chi connectivity index (χ4v) is 2.45. The number of fused-ring (bicyclic) bond motifs is 1. The highest BCUT2D eigenvalue weighted by Gasteiger charge is 2.47. The van der Waals surface area contributed by atoms with Crippen LogP contribution in [-0.2, 0) is 15.3 Å². The Hall–Kier alpha value is -2.13. The summed E-state index contributed by atoms with van der Waals surface area (Å²) in [6, 6.07) is 16.9. The number of hydrogen-bond acceptors (Lipinski definition) is 3. The van der Waals surface area contributed by atoms with Crippen LogP contribution in [0.15, 0.2) is 54.6 Å². The molecule has 3 rings (SSSR count). The van der Waals surface area contributed by atoms with Crippen molar-refractivity contribution in [3.8, 4) is 0 Å². The molecule has 1 aliphatic heterocycles. The number of carbonyl (C=O) groups excluding carboxylic acids is 1. The fraction of sp³-hybridized carbons (Fsp3) is 0.188. The first-order chi connectivity index (χ1) is 9.28. The lowest BCUT2D eigenvalue weighted by Crippen LogP contribution is -2.31. The molecular weight excluding hydrogens is 240 g/mol. The van der Waals surface area contributed by atoms with E-state index in [4.69, 9.17) is 9.47 Å². The van der Waals surface area contributed by atoms with Crippen molar-refractivity contribution in [2.45, 2.75) is 12.7 Å². The average Bonchev–Trinajstić information content (AvgIpc) is 2.75. The van der Waals surface area contributed by atoms with Crippen LogP contribution < -0.4 is 0 Å². The first-order valence-corrected chi connectivity index (χ1v) is 6.30. The van der Waals surface area contributed by atoms with Crippen LogP contribution >= 0.6 is 0 Å². The van der Waals surface area contributed by atoms with Crippen molar-refractivity contribution in [3.63, 3.8) is 0 Å². The summed E-state index contributed by atoms with van der Waals surface area (Å²) in [7, 11) is 0. The molecule has 0 N–H and O–H groups in total. The molecule has 0 bridgehead atoms. The maximum atomic E-state index is 12.0. The fourth-order valence-electron chi connectivity index (χ4n) is 2.45. The van der Waals surface area contributed by atoms with E-state index in [9.17, 15) is 4.79 Å². The van der Waals surface area contributed by atoms with E-state index >= 15 is 0 Å². The van der Waals surface area contributed by atoms with Gasteiger partial charge in [-0.1, -0.05) is 48.5 Å². The Kier molecular flexibility index (Phi) is 2.84. The highest BCUT2D eigenvalue weighted by atomic mass is 16.7. The molecule has 1 heterocycles. The Morgan fingerprint density at radius 2 is 1.74 bits per heavy atom. The standard InChI is InChI=1S/C16H14O3/c1-2-18-16(12-8-4-3-5-9-12)14-11-7-6-10-13(14)15(17)19-16/h3-11H,2H2,1H3/t16-/m0/s1. The third-order valence-corrected chi connectivity index (χ3v) is 3.24. The van der Waals surface area contributed by atoms with Crippen molar-refractivity contribution in [2.75, 3.05) is 6.61 Å². The van der Waals surface area contributed by atoms with E-state index in [2.05, 4.69) is 0 Å². The van der Waals surface area contributed by atoms with Gasteiger partial charge in [0.2, 0.25) is 0 Å². The van der Waals surface area contributed by atoms with Crippen molar-refractivity contribution in [3.05, 3.63) is 71.3 Å². The summed E-state index contributed by atoms with van der Waals surface area (Å²) >= 11 is 0. The molecular formula is C16H14O3. The van der Waals surface area contributed by atoms with Gasteiger partial charge in [-0.15, -0.1) is 0 Å². The van der Waals surface area contributed by atoms with E-state index in [-0.39, 0.29) is 5.97 Å². The van der Waals surface area contributed by atoms with Crippen LogP contribution in [0.4, 0.5) is 0 Å². The zero-order chi connectivity index (χ0) is 13.3. The summed E-state index contributed by atoms with van der Waals surface area (Å²) in [4.78, 5) is 12.0. The number of hydrogen-bond donors (Lipinski definition) is 0. The van der Waals surface area contributed by atoms with Gasteiger partial charge in [-0.3, -0.25) is 0 Å². The molecule has 3 nitrogen and oxygen atoms in total. The van der Waals surface area contributed by atoms with E-state index in [1.54, 1.807) is 6.07 Å². The smallest absolute Gasteiger partial charge is 0.341 e. The number of ether oxygens (including phenoxy) is 2. The van der Waals surface area contributed by atoms with E-state index < -0.39 is 5.79 Å². The lowest BCUT2D eigenvalue weighted by Gasteiger charge is -2.28. The second kappa shape index (κ2) is 4.52. The maximum absolute atomic E-state index is 12.0. The van der Waals surface area contributed by atoms with Crippen molar-refractivity contribution in [1.29, 1.82) is 0 Å². The first kappa shape index (κ1) is 11.9. The zero-order valence-electron chi connectivity index (χ0n) is 10.6. The van der Waals surface area contributed by atoms with Gasteiger partial charge in [0.05, 0.1) is 5.56 Å². The molecule has 3 heteroatoms. The van der Waals surface area contributed by atoms with Crippen LogP contribution in [0.3, 0.4) is 0 Å². The second-order valence-corrected chi connectivity index (χ2v) is 4.35. The van der Waals surface area contributed by atoms with Crippen LogP contribution in [0.1, 0.15) is 28.4 Å². The summed E-state index contributed by atoms with van der Waals surface area (Å²) in [5.41, 5.74) is 2.17. The Morgan fingerprint density at radius 1 is 1.05 bits per heavy atom. The molecule has 0 spiro atoms. The molecule has 0 unspecified atom stereocenters. The summed E-state index contributed by atoms with van der Waals surface area (Å²) in [5.74, 6) is -1.45. The van der Waals surface area contributed by atoms with Crippen LogP contribution in [0.25, 0.3) is 0 Å². The molecule has 0 radical (unpaired) electrons. The SMILES string of the molecule is CCO[C@@]1(c2ccccc2)OC(=O)c2ccccc21. The summed E-state index contributed by atoms with van der Waals surface area (Å²) in [5, 5.41) is 0. The minimum atomic E-state index is -1.11. The van der Waals surface area contributed by atoms with Crippen molar-refractivity contribution in [2.24, 2.45) is 0 Å². The largest absolute Gasteiger partial charge is 0.420 e. The highest BCUT2D eigenvalue weighted by molar-refractivity contribution is 5.95. The molecule has 0 amide bonds. The minimum Gasteiger partial charge on any atom is -0.420 e. The normalized spacial score (nSPS) is 21.0. The quantitative estimate of drug-likeness (QED) is 0.789. The van der Waals surface area contributed by atoms with Gasteiger partial charge < -0.3 is 9.47 Å². The molecule has 2 aromatic carbocycles. The molecule has 19 heavy (non-hydrogen) atoms. The molecule has 0 aliphatic carbocycles. The third-order valence-electron chi connectivity index (χ3n) is 3.24. The number of cyclic esters (lactones) is 1. The van der Waals surface area contributed by atoms with Gasteiger partial charge in [0.25, 0.3) is 5.79 Å². The monoisotopic (exact) mass is 254 g/mol. The lowest BCUT2D eigenvalue weighted by molar-refractivity contribution is -0.170. The van der Waals surface area contributed by atoms with Crippen LogP contribution in [0, 0.1) is 0 Å². The Labute approximate surface area is 111 Å². The molecule has 1 aliphatic rings. The number of esters is 1. The van der Waals surface area contributed by atoms with Gasteiger partial charge >= 0.3 is 5.97 Å². The molecule has 0 aromatic heterocycles. The molecule has 0 saturated carbocycles. The number of benzene rings is 2. The van der Waals surface area contributed by atoms with Gasteiger partial charge in [0.15, 0.2) is 0 Å². The summed E-state index contributed by atoms with van der Waals surface area (Å²) < 4.78 is 11.4. The molecule has 2 aromatic rings. The van der Waals surface area contributed by atoms with Crippen molar-refractivity contribution in [1.82, 2.24) is 0 Å². The van der Waals surface area contributed by atoms with E-state index in [0.29, 0.717) is 12.2 Å². The van der Waals surface area contributed by atoms with E-state index in [1.807, 2.05) is 55.5 Å². The van der Waals surface area contributed by atoms with Crippen LogP contribution in [0.2, 0.25) is 0 Å². The first-order valence-electron chi connectivity index (χ1n) is 6.30. The highest BCUT2D eigenvalue weighted by Crippen LogP contribution is 2.42. The van der Waals surface area contributed by atoms with Crippen molar-refractivity contribution >= 4 is 5.97 Å². The van der Waals surface area contributed by atoms with Gasteiger partial charge in [0.1, 0.15) is 0 Å². The van der Waals surface area contributed by atoms with E-state index in [0.717, 1.165) is 11.1 Å². The Morgan fingerprint density at radius 3 is 2.47 bits per heavy atom. The molecule has 0 fully saturated rings. The number of rotatable bonds is 3. The molecule has 1 atom stereocenters. The van der Waals surface area contributed by atoms with Crippen molar-refractivity contribution < 1.29 is 14.3 Å². The van der Waals surface area contributed by atoms with E-state index in [1.165, 1.54) is 0 Å². The van der Waals surface area contributed by atoms with Gasteiger partial charge in [-0.25, -0.2) is 4.79 Å². The van der Waals surface area contributed by atoms with Gasteiger partial charge in [-0.05, 0) is 13.0 Å². The predicted octanol–water partition coefficient (Wildman–Crippen LogP) is 3.09. The minimum absolute atomic E-state index is 0.340. The van der Waals surface area contributed by atoms with Gasteiger partial charge in [-0.2, -0.15) is 0 Å². The average molecular weight is 254 g/mol. The lowest BCUT2D eigenvalue weighted by atomic mass is 9.95. The Bertz CT molecular complexity index is 606. The topological polar surface area (TPSA) is 35.5 Å². The van der Waals surface area contributed by atoms with Crippen LogP contribution in [0.5, 0.6) is 0 Å². The maximum Gasteiger partial charge on any atom is 0.341 e. The zero-order valence-corrected chi connectivity index (χ0v) is 10.6. The molecule has 0 saturated heterocycles. The molecule has 96 valence electrons. The second-order valence-electron chi connectivity index (χ2n) is 4.35.